The number of aliphatic hydroxyl groups is 1. The van der Waals surface area contributed by atoms with Gasteiger partial charge in [-0.3, -0.25) is 14.5 Å². The van der Waals surface area contributed by atoms with E-state index in [2.05, 4.69) is 4.98 Å². The fourth-order valence-electron chi connectivity index (χ4n) is 4.84. The third-order valence-corrected chi connectivity index (χ3v) is 7.81. The van der Waals surface area contributed by atoms with Crippen LogP contribution in [-0.2, 0) is 16.0 Å². The maximum atomic E-state index is 13.4. The van der Waals surface area contributed by atoms with E-state index in [1.807, 2.05) is 38.1 Å². The number of fused-ring (bicyclic) bond motifs is 2. The van der Waals surface area contributed by atoms with Gasteiger partial charge in [0.25, 0.3) is 5.78 Å². The molecule has 3 heterocycles. The number of anilines is 1. The molecule has 1 amide bonds. The van der Waals surface area contributed by atoms with Gasteiger partial charge in [-0.05, 0) is 73.0 Å². The van der Waals surface area contributed by atoms with Gasteiger partial charge in [0.05, 0.1) is 21.8 Å². The summed E-state index contributed by atoms with van der Waals surface area (Å²) in [5.74, 6) is -0.952. The Bertz CT molecular complexity index is 1590. The Kier molecular flexibility index (Phi) is 5.35. The molecular weight excluding hydrogens is 496 g/mol. The molecule has 8 heteroatoms. The number of halogens is 1. The first-order valence-corrected chi connectivity index (χ1v) is 12.7. The number of hydrogen-bond donors (Lipinski definition) is 1. The van der Waals surface area contributed by atoms with Crippen molar-refractivity contribution in [2.24, 2.45) is 0 Å². The van der Waals surface area contributed by atoms with Gasteiger partial charge in [-0.2, -0.15) is 0 Å². The molecule has 4 aromatic rings. The largest absolute Gasteiger partial charge is 0.507 e. The van der Waals surface area contributed by atoms with Crippen molar-refractivity contribution >= 4 is 55.7 Å². The molecule has 1 N–H and O–H groups in total. The smallest absolute Gasteiger partial charge is 0.301 e. The number of aliphatic hydroxyl groups excluding tert-OH is 1. The highest BCUT2D eigenvalue weighted by Crippen LogP contribution is 2.45. The summed E-state index contributed by atoms with van der Waals surface area (Å²) in [7, 11) is 0. The zero-order valence-electron chi connectivity index (χ0n) is 19.5. The molecule has 0 aliphatic carbocycles. The van der Waals surface area contributed by atoms with Crippen LogP contribution in [0.2, 0.25) is 5.02 Å². The quantitative estimate of drug-likeness (QED) is 0.199. The van der Waals surface area contributed by atoms with Crippen molar-refractivity contribution < 1.29 is 19.4 Å². The molecule has 0 spiro atoms. The van der Waals surface area contributed by atoms with E-state index in [1.165, 1.54) is 16.2 Å². The highest BCUT2D eigenvalue weighted by atomic mass is 35.5. The molecule has 1 fully saturated rings. The Labute approximate surface area is 216 Å². The highest BCUT2D eigenvalue weighted by molar-refractivity contribution is 7.22. The molecule has 2 unspecified atom stereocenters. The van der Waals surface area contributed by atoms with Crippen LogP contribution in [0, 0.1) is 6.92 Å². The molecule has 0 radical (unpaired) electrons. The molecule has 36 heavy (non-hydrogen) atoms. The lowest BCUT2D eigenvalue weighted by Crippen LogP contribution is -2.29. The standard InChI is InChI=1S/C28H21ClN2O4S/c1-14-3-9-20-22(11-14)36-28(30-20)31-24(16-4-7-19(29)8-5-16)23(26(33)27(31)34)25(32)17-6-10-21-18(13-17)12-15(2)35-21/h3-11,13,15,24,32H,12H2,1-2H3/b25-23-. The Morgan fingerprint density at radius 2 is 1.89 bits per heavy atom. The summed E-state index contributed by atoms with van der Waals surface area (Å²) in [6, 6.07) is 17.2. The van der Waals surface area contributed by atoms with E-state index in [4.69, 9.17) is 16.3 Å². The van der Waals surface area contributed by atoms with Crippen molar-refractivity contribution in [1.82, 2.24) is 4.98 Å². The minimum Gasteiger partial charge on any atom is -0.507 e. The van der Waals surface area contributed by atoms with Crippen LogP contribution in [0.5, 0.6) is 5.75 Å². The number of amides is 1. The van der Waals surface area contributed by atoms with Crippen molar-refractivity contribution in [3.63, 3.8) is 0 Å². The average Bonchev–Trinajstić information content (AvgIpc) is 3.51. The SMILES string of the molecule is Cc1ccc2nc(N3C(=O)C(=O)/C(=C(\O)c4ccc5c(c4)CC(C)O5)C3c3ccc(Cl)cc3)sc2c1. The molecule has 2 atom stereocenters. The summed E-state index contributed by atoms with van der Waals surface area (Å²) in [5.41, 5.74) is 3.89. The van der Waals surface area contributed by atoms with E-state index in [0.717, 1.165) is 27.1 Å². The van der Waals surface area contributed by atoms with Crippen LogP contribution in [0.4, 0.5) is 5.13 Å². The van der Waals surface area contributed by atoms with Gasteiger partial charge in [0.1, 0.15) is 17.6 Å². The van der Waals surface area contributed by atoms with Gasteiger partial charge < -0.3 is 9.84 Å². The molecule has 0 saturated carbocycles. The van der Waals surface area contributed by atoms with E-state index in [9.17, 15) is 14.7 Å². The predicted molar refractivity (Wildman–Crippen MR) is 141 cm³/mol. The van der Waals surface area contributed by atoms with Crippen molar-refractivity contribution in [2.45, 2.75) is 32.4 Å². The van der Waals surface area contributed by atoms with E-state index in [1.54, 1.807) is 36.4 Å². The zero-order valence-corrected chi connectivity index (χ0v) is 21.1. The molecule has 180 valence electrons. The van der Waals surface area contributed by atoms with Crippen molar-refractivity contribution in [3.05, 3.63) is 93.5 Å². The zero-order chi connectivity index (χ0) is 25.1. The number of ketones is 1. The Morgan fingerprint density at radius 3 is 2.67 bits per heavy atom. The minimum atomic E-state index is -0.854. The van der Waals surface area contributed by atoms with E-state index in [-0.39, 0.29) is 17.4 Å². The number of nitrogens with zero attached hydrogens (tertiary/aromatic N) is 2. The molecule has 1 saturated heterocycles. The molecule has 2 aliphatic rings. The van der Waals surface area contributed by atoms with Gasteiger partial charge in [-0.25, -0.2) is 4.98 Å². The van der Waals surface area contributed by atoms with Crippen molar-refractivity contribution in [2.75, 3.05) is 4.90 Å². The molecular formula is C28H21ClN2O4S. The molecule has 1 aromatic heterocycles. The summed E-state index contributed by atoms with van der Waals surface area (Å²) in [6.07, 6.45) is 0.746. The summed E-state index contributed by atoms with van der Waals surface area (Å²) >= 11 is 7.46. The van der Waals surface area contributed by atoms with Crippen LogP contribution >= 0.6 is 22.9 Å². The number of Topliss-reactive ketones (excluding diaryl/α,β-unsaturated/α-hetero) is 1. The summed E-state index contributed by atoms with van der Waals surface area (Å²) < 4.78 is 6.68. The molecule has 0 bridgehead atoms. The first kappa shape index (κ1) is 22.8. The van der Waals surface area contributed by atoms with Crippen LogP contribution in [0.15, 0.2) is 66.2 Å². The van der Waals surface area contributed by atoms with Crippen LogP contribution in [0.3, 0.4) is 0 Å². The lowest BCUT2D eigenvalue weighted by atomic mass is 9.94. The second-order valence-electron chi connectivity index (χ2n) is 9.14. The lowest BCUT2D eigenvalue weighted by Gasteiger charge is -2.23. The minimum absolute atomic E-state index is 0.0182. The van der Waals surface area contributed by atoms with Gasteiger partial charge in [0.15, 0.2) is 5.13 Å². The fourth-order valence-corrected chi connectivity index (χ4v) is 6.05. The fraction of sp³-hybridized carbons (Fsp3) is 0.179. The Morgan fingerprint density at radius 1 is 1.11 bits per heavy atom. The van der Waals surface area contributed by atoms with Gasteiger partial charge in [-0.1, -0.05) is 41.1 Å². The summed E-state index contributed by atoms with van der Waals surface area (Å²) in [5, 5.41) is 12.4. The van der Waals surface area contributed by atoms with Gasteiger partial charge in [0, 0.05) is 17.0 Å². The molecule has 6 rings (SSSR count). The third kappa shape index (κ3) is 3.67. The molecule has 3 aromatic carbocycles. The lowest BCUT2D eigenvalue weighted by molar-refractivity contribution is -0.132. The second kappa shape index (κ2) is 8.47. The van der Waals surface area contributed by atoms with E-state index >= 15 is 0 Å². The summed E-state index contributed by atoms with van der Waals surface area (Å²) in [6.45, 7) is 3.96. The predicted octanol–water partition coefficient (Wildman–Crippen LogP) is 6.21. The van der Waals surface area contributed by atoms with Crippen LogP contribution in [0.25, 0.3) is 16.0 Å². The van der Waals surface area contributed by atoms with Gasteiger partial charge >= 0.3 is 5.91 Å². The first-order valence-electron chi connectivity index (χ1n) is 11.5. The van der Waals surface area contributed by atoms with Crippen molar-refractivity contribution in [3.8, 4) is 5.75 Å². The highest BCUT2D eigenvalue weighted by Gasteiger charge is 2.48. The summed E-state index contributed by atoms with van der Waals surface area (Å²) in [4.78, 5) is 32.9. The Hall–Kier alpha value is -3.68. The topological polar surface area (TPSA) is 79.7 Å². The van der Waals surface area contributed by atoms with Gasteiger partial charge in [0.2, 0.25) is 0 Å². The number of carbonyl (C=O) groups is 2. The van der Waals surface area contributed by atoms with Crippen LogP contribution < -0.4 is 9.64 Å². The van der Waals surface area contributed by atoms with Crippen LogP contribution in [0.1, 0.15) is 35.2 Å². The average molecular weight is 517 g/mol. The first-order chi connectivity index (χ1) is 17.3. The maximum Gasteiger partial charge on any atom is 0.301 e. The number of hydrogen-bond acceptors (Lipinski definition) is 6. The van der Waals surface area contributed by atoms with Gasteiger partial charge in [-0.15, -0.1) is 0 Å². The monoisotopic (exact) mass is 516 g/mol. The molecule has 6 nitrogen and oxygen atoms in total. The van der Waals surface area contributed by atoms with E-state index in [0.29, 0.717) is 27.7 Å². The Balaban J connectivity index is 1.53. The number of aromatic nitrogens is 1. The number of rotatable bonds is 3. The normalized spacial score (nSPS) is 20.7. The van der Waals surface area contributed by atoms with Crippen molar-refractivity contribution in [1.29, 1.82) is 0 Å². The number of carbonyl (C=O) groups excluding carboxylic acids is 2. The van der Waals surface area contributed by atoms with Crippen LogP contribution in [-0.4, -0.2) is 27.9 Å². The number of ether oxygens (including phenoxy) is 1. The maximum absolute atomic E-state index is 13.4. The van der Waals surface area contributed by atoms with E-state index < -0.39 is 17.7 Å². The second-order valence-corrected chi connectivity index (χ2v) is 10.6. The number of thiazole rings is 1. The number of aryl methyl sites for hydroxylation is 1. The third-order valence-electron chi connectivity index (χ3n) is 6.54. The molecule has 2 aliphatic heterocycles. The number of benzene rings is 3.